The van der Waals surface area contributed by atoms with E-state index in [9.17, 15) is 5.11 Å². The van der Waals surface area contributed by atoms with E-state index in [2.05, 4.69) is 15.0 Å². The van der Waals surface area contributed by atoms with Gasteiger partial charge in [-0.25, -0.2) is 15.0 Å². The normalized spacial score (nSPS) is 21.1. The minimum absolute atomic E-state index is 0.0610. The highest BCUT2D eigenvalue weighted by Gasteiger charge is 2.27. The van der Waals surface area contributed by atoms with E-state index in [1.54, 1.807) is 12.5 Å². The standard InChI is InChI=1S/C16H16N4O2S/c21-9-11-4-5-14(22-11)20-8-6-12-15(20)18-10-19-16(12)23-13-3-1-2-7-17-13/h1-3,6-8,10-11,14,21H,4-5,9H2. The maximum Gasteiger partial charge on any atom is 0.146 e. The minimum Gasteiger partial charge on any atom is -0.394 e. The van der Waals surface area contributed by atoms with Crippen LogP contribution in [0.2, 0.25) is 0 Å². The van der Waals surface area contributed by atoms with Crippen molar-refractivity contribution >= 4 is 22.8 Å². The van der Waals surface area contributed by atoms with Crippen molar-refractivity contribution in [3.63, 3.8) is 0 Å². The lowest BCUT2D eigenvalue weighted by molar-refractivity contribution is -0.0204. The van der Waals surface area contributed by atoms with Crippen LogP contribution in [0.15, 0.2) is 53.0 Å². The molecular weight excluding hydrogens is 312 g/mol. The summed E-state index contributed by atoms with van der Waals surface area (Å²) in [5, 5.41) is 12.0. The fourth-order valence-electron chi connectivity index (χ4n) is 2.79. The van der Waals surface area contributed by atoms with Crippen LogP contribution in [0.5, 0.6) is 0 Å². The Morgan fingerprint density at radius 2 is 2.17 bits per heavy atom. The summed E-state index contributed by atoms with van der Waals surface area (Å²) >= 11 is 1.52. The summed E-state index contributed by atoms with van der Waals surface area (Å²) in [7, 11) is 0. The van der Waals surface area contributed by atoms with E-state index >= 15 is 0 Å². The number of aliphatic hydroxyl groups is 1. The number of rotatable bonds is 4. The number of pyridine rings is 1. The average Bonchev–Trinajstić information content (AvgIpc) is 3.22. The summed E-state index contributed by atoms with van der Waals surface area (Å²) in [6.07, 6.45) is 6.90. The van der Waals surface area contributed by atoms with Crippen LogP contribution in [0.3, 0.4) is 0 Å². The average molecular weight is 328 g/mol. The van der Waals surface area contributed by atoms with E-state index in [0.717, 1.165) is 33.9 Å². The molecule has 0 radical (unpaired) electrons. The molecule has 118 valence electrons. The van der Waals surface area contributed by atoms with Crippen LogP contribution in [0.4, 0.5) is 0 Å². The van der Waals surface area contributed by atoms with Gasteiger partial charge in [0.1, 0.15) is 28.3 Å². The molecule has 3 aromatic rings. The molecular formula is C16H16N4O2S. The maximum absolute atomic E-state index is 9.23. The molecule has 1 fully saturated rings. The first-order chi connectivity index (χ1) is 11.3. The van der Waals surface area contributed by atoms with E-state index < -0.39 is 0 Å². The SMILES string of the molecule is OCC1CCC(n2ccc3c(Sc4ccccn4)ncnc32)O1. The second-order valence-corrected chi connectivity index (χ2v) is 6.39. The van der Waals surface area contributed by atoms with Gasteiger partial charge in [-0.1, -0.05) is 6.07 Å². The third kappa shape index (κ3) is 2.83. The summed E-state index contributed by atoms with van der Waals surface area (Å²) in [6, 6.07) is 7.82. The summed E-state index contributed by atoms with van der Waals surface area (Å²) < 4.78 is 7.88. The zero-order chi connectivity index (χ0) is 15.6. The van der Waals surface area contributed by atoms with Gasteiger partial charge in [0.05, 0.1) is 18.1 Å². The molecule has 0 amide bonds. The van der Waals surface area contributed by atoms with Gasteiger partial charge in [-0.05, 0) is 42.8 Å². The maximum atomic E-state index is 9.23. The van der Waals surface area contributed by atoms with Crippen LogP contribution in [0.1, 0.15) is 19.1 Å². The van der Waals surface area contributed by atoms with Crippen LogP contribution in [-0.2, 0) is 4.74 Å². The highest BCUT2D eigenvalue weighted by Crippen LogP contribution is 2.34. The topological polar surface area (TPSA) is 73.1 Å². The van der Waals surface area contributed by atoms with Crippen molar-refractivity contribution in [1.82, 2.24) is 19.5 Å². The Bertz CT molecular complexity index is 808. The molecule has 0 aromatic carbocycles. The van der Waals surface area contributed by atoms with E-state index in [4.69, 9.17) is 4.74 Å². The first-order valence-corrected chi connectivity index (χ1v) is 8.33. The Labute approximate surface area is 137 Å². The fourth-order valence-corrected chi connectivity index (χ4v) is 3.62. The van der Waals surface area contributed by atoms with Gasteiger partial charge < -0.3 is 14.4 Å². The molecule has 0 bridgehead atoms. The van der Waals surface area contributed by atoms with E-state index in [0.29, 0.717) is 0 Å². The van der Waals surface area contributed by atoms with Crippen molar-refractivity contribution in [2.75, 3.05) is 6.61 Å². The Balaban J connectivity index is 1.67. The molecule has 7 heteroatoms. The number of nitrogens with zero attached hydrogens (tertiary/aromatic N) is 4. The van der Waals surface area contributed by atoms with Crippen LogP contribution in [-0.4, -0.2) is 37.3 Å². The highest BCUT2D eigenvalue weighted by molar-refractivity contribution is 7.99. The molecule has 1 saturated heterocycles. The van der Waals surface area contributed by atoms with Gasteiger partial charge in [0.25, 0.3) is 0 Å². The summed E-state index contributed by atoms with van der Waals surface area (Å²) in [6.45, 7) is 0.0610. The van der Waals surface area contributed by atoms with Gasteiger partial charge in [-0.3, -0.25) is 0 Å². The molecule has 4 rings (SSSR count). The van der Waals surface area contributed by atoms with Crippen molar-refractivity contribution in [3.05, 3.63) is 43.0 Å². The van der Waals surface area contributed by atoms with Crippen LogP contribution in [0, 0.1) is 0 Å². The molecule has 2 atom stereocenters. The number of hydrogen-bond acceptors (Lipinski definition) is 6. The minimum atomic E-state index is -0.0818. The molecule has 0 saturated carbocycles. The van der Waals surface area contributed by atoms with E-state index in [-0.39, 0.29) is 18.9 Å². The van der Waals surface area contributed by atoms with Gasteiger partial charge in [-0.2, -0.15) is 0 Å². The fraction of sp³-hybridized carbons (Fsp3) is 0.312. The van der Waals surface area contributed by atoms with E-state index in [1.165, 1.54) is 11.8 Å². The third-order valence-corrected chi connectivity index (χ3v) is 4.88. The number of aromatic nitrogens is 4. The lowest BCUT2D eigenvalue weighted by atomic mass is 10.2. The molecule has 0 aliphatic carbocycles. The molecule has 1 aliphatic heterocycles. The van der Waals surface area contributed by atoms with Gasteiger partial charge in [-0.15, -0.1) is 0 Å². The van der Waals surface area contributed by atoms with Gasteiger partial charge in [0.2, 0.25) is 0 Å². The molecule has 6 nitrogen and oxygen atoms in total. The van der Waals surface area contributed by atoms with Crippen molar-refractivity contribution in [1.29, 1.82) is 0 Å². The quantitative estimate of drug-likeness (QED) is 0.742. The van der Waals surface area contributed by atoms with Crippen molar-refractivity contribution < 1.29 is 9.84 Å². The zero-order valence-corrected chi connectivity index (χ0v) is 13.2. The Morgan fingerprint density at radius 3 is 2.96 bits per heavy atom. The van der Waals surface area contributed by atoms with Crippen LogP contribution < -0.4 is 0 Å². The first kappa shape index (κ1) is 14.6. The molecule has 3 aromatic heterocycles. The Hall–Kier alpha value is -1.96. The Kier molecular flexibility index (Phi) is 3.99. The molecule has 1 N–H and O–H groups in total. The highest BCUT2D eigenvalue weighted by atomic mass is 32.2. The predicted molar refractivity (Wildman–Crippen MR) is 86.1 cm³/mol. The molecule has 23 heavy (non-hydrogen) atoms. The summed E-state index contributed by atoms with van der Waals surface area (Å²) in [4.78, 5) is 13.1. The summed E-state index contributed by atoms with van der Waals surface area (Å²) in [5.74, 6) is 0. The van der Waals surface area contributed by atoms with Gasteiger partial charge in [0, 0.05) is 12.4 Å². The second-order valence-electron chi connectivity index (χ2n) is 5.38. The lowest BCUT2D eigenvalue weighted by Gasteiger charge is -2.14. The monoisotopic (exact) mass is 328 g/mol. The van der Waals surface area contributed by atoms with Crippen molar-refractivity contribution in [3.8, 4) is 0 Å². The number of aliphatic hydroxyl groups excluding tert-OH is 1. The van der Waals surface area contributed by atoms with Crippen molar-refractivity contribution in [2.45, 2.75) is 35.2 Å². The number of hydrogen-bond donors (Lipinski definition) is 1. The summed E-state index contributed by atoms with van der Waals surface area (Å²) in [5.41, 5.74) is 0.849. The number of ether oxygens (including phenoxy) is 1. The first-order valence-electron chi connectivity index (χ1n) is 7.52. The smallest absolute Gasteiger partial charge is 0.146 e. The Morgan fingerprint density at radius 1 is 1.22 bits per heavy atom. The largest absolute Gasteiger partial charge is 0.394 e. The van der Waals surface area contributed by atoms with Gasteiger partial charge >= 0.3 is 0 Å². The molecule has 2 unspecified atom stereocenters. The molecule has 4 heterocycles. The third-order valence-electron chi connectivity index (χ3n) is 3.91. The molecule has 0 spiro atoms. The number of fused-ring (bicyclic) bond motifs is 1. The predicted octanol–water partition coefficient (Wildman–Crippen LogP) is 2.65. The zero-order valence-electron chi connectivity index (χ0n) is 12.4. The lowest BCUT2D eigenvalue weighted by Crippen LogP contribution is -2.14. The molecule has 1 aliphatic rings. The van der Waals surface area contributed by atoms with Crippen molar-refractivity contribution in [2.24, 2.45) is 0 Å². The van der Waals surface area contributed by atoms with Gasteiger partial charge in [0.15, 0.2) is 0 Å². The van der Waals surface area contributed by atoms with Crippen LogP contribution >= 0.6 is 11.8 Å². The van der Waals surface area contributed by atoms with Crippen LogP contribution in [0.25, 0.3) is 11.0 Å². The van der Waals surface area contributed by atoms with E-state index in [1.807, 2.05) is 35.0 Å². The second kappa shape index (κ2) is 6.27.